The summed E-state index contributed by atoms with van der Waals surface area (Å²) < 4.78 is 6.09. The number of carboxylic acids is 1. The molecule has 1 N–H and O–H groups in total. The lowest BCUT2D eigenvalue weighted by molar-refractivity contribution is -0.136. The number of rotatable bonds is 9. The van der Waals surface area contributed by atoms with Crippen molar-refractivity contribution < 1.29 is 14.3 Å². The number of aliphatic carboxylic acids is 1. The molecule has 3 nitrogen and oxygen atoms in total. The van der Waals surface area contributed by atoms with Crippen LogP contribution in [0.1, 0.15) is 81.4 Å². The Morgan fingerprint density at radius 3 is 2.15 bits per heavy atom. The van der Waals surface area contributed by atoms with Crippen LogP contribution in [0.25, 0.3) is 34.8 Å². The normalized spacial score (nSPS) is 18.2. The summed E-state index contributed by atoms with van der Waals surface area (Å²) in [6, 6.07) is 45.0. The molecule has 3 atom stereocenters. The van der Waals surface area contributed by atoms with Gasteiger partial charge in [0.15, 0.2) is 0 Å². The van der Waals surface area contributed by atoms with Crippen LogP contribution in [-0.2, 0) is 17.6 Å². The molecular weight excluding hydrogens is 588 g/mol. The summed E-state index contributed by atoms with van der Waals surface area (Å²) in [6.45, 7) is 0. The topological polar surface area (TPSA) is 50.4 Å². The van der Waals surface area contributed by atoms with Gasteiger partial charge in [-0.25, -0.2) is 0 Å². The van der Waals surface area contributed by atoms with Gasteiger partial charge >= 0.3 is 5.97 Å². The lowest BCUT2D eigenvalue weighted by atomic mass is 9.84. The molecule has 48 heavy (non-hydrogen) atoms. The molecule has 236 valence electrons. The monoisotopic (exact) mass is 626 g/mol. The molecule has 2 aliphatic carbocycles. The minimum Gasteiger partial charge on any atom is -0.481 e. The number of para-hydroxylation sites is 1. The number of benzene rings is 5. The second-order valence-electron chi connectivity index (χ2n) is 13.3. The Balaban J connectivity index is 1.05. The summed E-state index contributed by atoms with van der Waals surface area (Å²) in [5, 5.41) is 10.4. The Labute approximate surface area is 281 Å². The highest BCUT2D eigenvalue weighted by Gasteiger charge is 2.42. The summed E-state index contributed by atoms with van der Waals surface area (Å²) in [4.78, 5) is 11.6. The molecule has 8 rings (SSSR count). The number of hydrogen-bond donors (Lipinski definition) is 1. The van der Waals surface area contributed by atoms with Crippen LogP contribution in [0.15, 0.2) is 132 Å². The van der Waals surface area contributed by atoms with Gasteiger partial charge in [-0.05, 0) is 99.8 Å². The molecule has 0 saturated heterocycles. The molecule has 1 fully saturated rings. The van der Waals surface area contributed by atoms with E-state index in [4.69, 9.17) is 4.42 Å². The molecule has 2 aliphatic rings. The van der Waals surface area contributed by atoms with Gasteiger partial charge in [0, 0.05) is 10.9 Å². The Kier molecular flexibility index (Phi) is 8.12. The van der Waals surface area contributed by atoms with Crippen molar-refractivity contribution in [2.75, 3.05) is 0 Å². The minimum atomic E-state index is -0.859. The largest absolute Gasteiger partial charge is 0.481 e. The summed E-state index contributed by atoms with van der Waals surface area (Å²) >= 11 is 0. The molecule has 3 heteroatoms. The van der Waals surface area contributed by atoms with Gasteiger partial charge in [-0.1, -0.05) is 134 Å². The fraction of sp³-hybridized carbons (Fsp3) is 0.178. The first-order chi connectivity index (χ1) is 23.6. The maximum atomic E-state index is 11.6. The molecule has 0 aliphatic heterocycles. The van der Waals surface area contributed by atoms with Gasteiger partial charge in [0.05, 0.1) is 6.42 Å². The first-order valence-electron chi connectivity index (χ1n) is 17.1. The zero-order chi connectivity index (χ0) is 32.5. The number of furan rings is 1. The van der Waals surface area contributed by atoms with E-state index < -0.39 is 5.97 Å². The Hall–Kier alpha value is -5.41. The molecule has 3 unspecified atom stereocenters. The van der Waals surface area contributed by atoms with Crippen molar-refractivity contribution in [2.45, 2.75) is 43.9 Å². The number of carboxylic acid groups (broad SMARTS) is 1. The van der Waals surface area contributed by atoms with Crippen molar-refractivity contribution in [3.63, 3.8) is 0 Å². The van der Waals surface area contributed by atoms with Crippen LogP contribution >= 0.6 is 0 Å². The van der Waals surface area contributed by atoms with Gasteiger partial charge in [0.2, 0.25) is 0 Å². The number of hydrogen-bond acceptors (Lipinski definition) is 2. The van der Waals surface area contributed by atoms with E-state index in [1.54, 1.807) is 0 Å². The molecule has 0 radical (unpaired) electrons. The van der Waals surface area contributed by atoms with E-state index in [1.807, 2.05) is 30.3 Å². The van der Waals surface area contributed by atoms with E-state index >= 15 is 0 Å². The van der Waals surface area contributed by atoms with Gasteiger partial charge < -0.3 is 9.52 Å². The van der Waals surface area contributed by atoms with Gasteiger partial charge in [-0.15, -0.1) is 0 Å². The molecule has 1 aromatic heterocycles. The Bertz CT molecular complexity index is 2090. The zero-order valence-corrected chi connectivity index (χ0v) is 26.9. The SMILES string of the molecule is O=C(O)Cc1c(/C=C/c2ccc3c(c2)C2CCCC2C3Cc2ccc(C=C(c3ccccc3)c3ccccc3)cc2)oc2ccccc12. The minimum absolute atomic E-state index is 0.0647. The van der Waals surface area contributed by atoms with E-state index in [2.05, 4.69) is 115 Å². The quantitative estimate of drug-likeness (QED) is 0.162. The van der Waals surface area contributed by atoms with E-state index in [0.717, 1.165) is 28.5 Å². The molecule has 1 saturated carbocycles. The Morgan fingerprint density at radius 1 is 0.729 bits per heavy atom. The molecule has 0 amide bonds. The fourth-order valence-electron chi connectivity index (χ4n) is 8.20. The second kappa shape index (κ2) is 13.0. The molecule has 6 aromatic rings. The van der Waals surface area contributed by atoms with Crippen molar-refractivity contribution in [3.05, 3.63) is 178 Å². The summed E-state index contributed by atoms with van der Waals surface area (Å²) in [6.07, 6.45) is 11.1. The summed E-state index contributed by atoms with van der Waals surface area (Å²) in [7, 11) is 0. The van der Waals surface area contributed by atoms with Crippen LogP contribution in [0.2, 0.25) is 0 Å². The molecule has 0 spiro atoms. The third kappa shape index (κ3) is 5.93. The maximum absolute atomic E-state index is 11.6. The van der Waals surface area contributed by atoms with E-state index in [1.165, 1.54) is 58.2 Å². The molecule has 1 heterocycles. The average molecular weight is 627 g/mol. The first kappa shape index (κ1) is 30.0. The highest BCUT2D eigenvalue weighted by molar-refractivity contribution is 5.92. The molecular formula is C45H38O3. The highest BCUT2D eigenvalue weighted by atomic mass is 16.4. The lowest BCUT2D eigenvalue weighted by Gasteiger charge is -2.20. The summed E-state index contributed by atoms with van der Waals surface area (Å²) in [5.41, 5.74) is 11.8. The summed E-state index contributed by atoms with van der Waals surface area (Å²) in [5.74, 6) is 1.57. The van der Waals surface area contributed by atoms with E-state index in [9.17, 15) is 9.90 Å². The van der Waals surface area contributed by atoms with Gasteiger partial charge in [-0.2, -0.15) is 0 Å². The lowest BCUT2D eigenvalue weighted by Crippen LogP contribution is -2.09. The van der Waals surface area contributed by atoms with Crippen LogP contribution in [-0.4, -0.2) is 11.1 Å². The van der Waals surface area contributed by atoms with Crippen LogP contribution in [0.3, 0.4) is 0 Å². The predicted molar refractivity (Wildman–Crippen MR) is 196 cm³/mol. The highest BCUT2D eigenvalue weighted by Crippen LogP contribution is 2.56. The second-order valence-corrected chi connectivity index (χ2v) is 13.3. The van der Waals surface area contributed by atoms with Crippen molar-refractivity contribution in [1.29, 1.82) is 0 Å². The smallest absolute Gasteiger partial charge is 0.307 e. The van der Waals surface area contributed by atoms with Crippen LogP contribution in [0.5, 0.6) is 0 Å². The van der Waals surface area contributed by atoms with Crippen molar-refractivity contribution in [1.82, 2.24) is 0 Å². The fourth-order valence-corrected chi connectivity index (χ4v) is 8.20. The first-order valence-corrected chi connectivity index (χ1v) is 17.1. The maximum Gasteiger partial charge on any atom is 0.307 e. The number of fused-ring (bicyclic) bond motifs is 4. The van der Waals surface area contributed by atoms with Crippen molar-refractivity contribution in [3.8, 4) is 0 Å². The Morgan fingerprint density at radius 2 is 1.42 bits per heavy atom. The van der Waals surface area contributed by atoms with Crippen LogP contribution < -0.4 is 0 Å². The van der Waals surface area contributed by atoms with E-state index in [-0.39, 0.29) is 6.42 Å². The molecule has 0 bridgehead atoms. The third-order valence-corrected chi connectivity index (χ3v) is 10.4. The zero-order valence-electron chi connectivity index (χ0n) is 26.9. The van der Waals surface area contributed by atoms with Gasteiger partial charge in [0.25, 0.3) is 0 Å². The van der Waals surface area contributed by atoms with Crippen molar-refractivity contribution in [2.24, 2.45) is 5.92 Å². The van der Waals surface area contributed by atoms with Gasteiger partial charge in [0.1, 0.15) is 11.3 Å². The predicted octanol–water partition coefficient (Wildman–Crippen LogP) is 11.0. The third-order valence-electron chi connectivity index (χ3n) is 10.4. The van der Waals surface area contributed by atoms with Crippen molar-refractivity contribution >= 4 is 40.7 Å². The average Bonchev–Trinajstić information content (AvgIpc) is 3.82. The molecule has 5 aromatic carbocycles. The van der Waals surface area contributed by atoms with Crippen LogP contribution in [0, 0.1) is 5.92 Å². The number of carbonyl (C=O) groups is 1. The van der Waals surface area contributed by atoms with E-state index in [0.29, 0.717) is 23.5 Å². The standard InChI is InChI=1S/C45H38O3/c46-45(47)29-42-38-14-7-8-17-43(38)48-44(42)25-23-32-22-24-37-40(35-15-9-16-36(35)41(37)28-32)27-31-20-18-30(19-21-31)26-39(33-10-3-1-4-11-33)34-12-5-2-6-13-34/h1-8,10-14,17-26,28,35-36,40H,9,15-16,27,29H2,(H,46,47)/b25-23+. The van der Waals surface area contributed by atoms with Crippen LogP contribution in [0.4, 0.5) is 0 Å². The van der Waals surface area contributed by atoms with Gasteiger partial charge in [-0.3, -0.25) is 4.79 Å².